The van der Waals surface area contributed by atoms with Gasteiger partial charge in [-0.2, -0.15) is 0 Å². The molecule has 1 heterocycles. The lowest BCUT2D eigenvalue weighted by Gasteiger charge is -2.40. The Balaban J connectivity index is 0.00000392. The zero-order valence-corrected chi connectivity index (χ0v) is 18.9. The molecule has 2 N–H and O–H groups in total. The Morgan fingerprint density at radius 2 is 1.93 bits per heavy atom. The molecule has 1 aromatic rings. The number of nitrogens with one attached hydrogen (secondary N) is 2. The molecule has 0 aromatic heterocycles. The summed E-state index contributed by atoms with van der Waals surface area (Å²) >= 11 is 0. The van der Waals surface area contributed by atoms with Crippen molar-refractivity contribution in [2.75, 3.05) is 19.6 Å². The van der Waals surface area contributed by atoms with Crippen LogP contribution in [0.15, 0.2) is 29.3 Å². The van der Waals surface area contributed by atoms with Crippen molar-refractivity contribution in [2.24, 2.45) is 4.99 Å². The lowest BCUT2D eigenvalue weighted by Crippen LogP contribution is -2.63. The number of rotatable bonds is 5. The summed E-state index contributed by atoms with van der Waals surface area (Å²) in [5, 5.41) is 17.1. The molecule has 1 aliphatic heterocycles. The number of hydrogen-bond acceptors (Lipinski definition) is 5. The van der Waals surface area contributed by atoms with Crippen LogP contribution >= 0.6 is 24.0 Å². The topological polar surface area (TPSA) is 109 Å². The van der Waals surface area contributed by atoms with Gasteiger partial charge >= 0.3 is 6.09 Å². The Bertz CT molecular complexity index is 697. The van der Waals surface area contributed by atoms with E-state index in [1.54, 1.807) is 17.0 Å². The summed E-state index contributed by atoms with van der Waals surface area (Å²) in [6.45, 7) is 9.70. The second-order valence-electron chi connectivity index (χ2n) is 7.35. The minimum absolute atomic E-state index is 0. The Kier molecular flexibility index (Phi) is 8.92. The van der Waals surface area contributed by atoms with Crippen LogP contribution in [0, 0.1) is 10.1 Å². The first-order valence-corrected chi connectivity index (χ1v) is 8.94. The molecule has 0 spiro atoms. The average molecular weight is 505 g/mol. The van der Waals surface area contributed by atoms with E-state index in [0.717, 1.165) is 5.56 Å². The molecule has 0 aliphatic carbocycles. The van der Waals surface area contributed by atoms with Crippen LogP contribution in [-0.4, -0.2) is 53.2 Å². The summed E-state index contributed by atoms with van der Waals surface area (Å²) in [7, 11) is 0. The van der Waals surface area contributed by atoms with E-state index in [0.29, 0.717) is 32.1 Å². The lowest BCUT2D eigenvalue weighted by atomic mass is 10.1. The Labute approximate surface area is 182 Å². The van der Waals surface area contributed by atoms with Crippen LogP contribution in [0.2, 0.25) is 0 Å². The van der Waals surface area contributed by atoms with Gasteiger partial charge < -0.3 is 20.3 Å². The number of hydrogen-bond donors (Lipinski definition) is 2. The van der Waals surface area contributed by atoms with Gasteiger partial charge in [0.05, 0.1) is 17.5 Å². The number of nitro benzene ring substituents is 1. The molecule has 1 amide bonds. The molecule has 0 radical (unpaired) electrons. The molecular formula is C18H28IN5O4. The van der Waals surface area contributed by atoms with E-state index in [9.17, 15) is 14.9 Å². The van der Waals surface area contributed by atoms with Gasteiger partial charge in [-0.15, -0.1) is 24.0 Å². The number of amides is 1. The maximum atomic E-state index is 12.0. The summed E-state index contributed by atoms with van der Waals surface area (Å²) < 4.78 is 5.34. The molecule has 1 aromatic carbocycles. The van der Waals surface area contributed by atoms with Crippen LogP contribution in [0.4, 0.5) is 10.5 Å². The number of likely N-dealkylation sites (tertiary alicyclic amines) is 1. The fourth-order valence-electron chi connectivity index (χ4n) is 2.45. The molecular weight excluding hydrogens is 477 g/mol. The van der Waals surface area contributed by atoms with Gasteiger partial charge in [0.1, 0.15) is 5.60 Å². The van der Waals surface area contributed by atoms with Crippen molar-refractivity contribution in [3.63, 3.8) is 0 Å². The predicted molar refractivity (Wildman–Crippen MR) is 118 cm³/mol. The molecule has 9 nitrogen and oxygen atoms in total. The third-order valence-corrected chi connectivity index (χ3v) is 3.79. The number of aliphatic imine (C=N–C) groups is 1. The molecule has 28 heavy (non-hydrogen) atoms. The SMILES string of the molecule is CCNC(=NCc1ccc([N+](=O)[O-])cc1)NC1CN(C(=O)OC(C)(C)C)C1.I. The molecule has 1 saturated heterocycles. The third kappa shape index (κ3) is 7.49. The van der Waals surface area contributed by atoms with Crippen LogP contribution in [0.3, 0.4) is 0 Å². The number of ether oxygens (including phenoxy) is 1. The van der Waals surface area contributed by atoms with E-state index in [1.165, 1.54) is 12.1 Å². The standard InChI is InChI=1S/C18H27N5O4.HI/c1-5-19-16(20-10-13-6-8-15(9-7-13)23(25)26)21-14-11-22(12-14)17(24)27-18(2,3)4;/h6-9,14H,5,10-12H2,1-4H3,(H2,19,20,21);1H. The van der Waals surface area contributed by atoms with Crippen LogP contribution in [0.1, 0.15) is 33.3 Å². The molecule has 1 fully saturated rings. The highest BCUT2D eigenvalue weighted by Crippen LogP contribution is 2.15. The zero-order chi connectivity index (χ0) is 20.0. The number of non-ortho nitro benzene ring substituents is 1. The number of carbonyl (C=O) groups excluding carboxylic acids is 1. The predicted octanol–water partition coefficient (Wildman–Crippen LogP) is 2.89. The fourth-order valence-corrected chi connectivity index (χ4v) is 2.45. The molecule has 0 unspecified atom stereocenters. The second kappa shape index (κ2) is 10.4. The third-order valence-electron chi connectivity index (χ3n) is 3.79. The van der Waals surface area contributed by atoms with Gasteiger partial charge in [-0.25, -0.2) is 9.79 Å². The summed E-state index contributed by atoms with van der Waals surface area (Å²) in [6, 6.07) is 6.43. The summed E-state index contributed by atoms with van der Waals surface area (Å²) in [5.41, 5.74) is 0.433. The number of benzene rings is 1. The molecule has 2 rings (SSSR count). The van der Waals surface area contributed by atoms with Crippen molar-refractivity contribution in [3.8, 4) is 0 Å². The van der Waals surface area contributed by atoms with Crippen molar-refractivity contribution in [2.45, 2.75) is 45.9 Å². The van der Waals surface area contributed by atoms with Crippen molar-refractivity contribution in [3.05, 3.63) is 39.9 Å². The van der Waals surface area contributed by atoms with Crippen LogP contribution < -0.4 is 10.6 Å². The Hall–Kier alpha value is -2.11. The molecule has 1 aliphatic rings. The number of carbonyl (C=O) groups is 1. The monoisotopic (exact) mass is 505 g/mol. The smallest absolute Gasteiger partial charge is 0.410 e. The molecule has 0 saturated carbocycles. The van der Waals surface area contributed by atoms with E-state index < -0.39 is 10.5 Å². The number of halogens is 1. The second-order valence-corrected chi connectivity index (χ2v) is 7.35. The minimum atomic E-state index is -0.503. The average Bonchev–Trinajstić information content (AvgIpc) is 2.53. The molecule has 0 bridgehead atoms. The Morgan fingerprint density at radius 3 is 2.43 bits per heavy atom. The van der Waals surface area contributed by atoms with Gasteiger partial charge in [0, 0.05) is 31.8 Å². The number of nitro groups is 1. The largest absolute Gasteiger partial charge is 0.444 e. The van der Waals surface area contributed by atoms with E-state index in [2.05, 4.69) is 15.6 Å². The first-order valence-electron chi connectivity index (χ1n) is 8.94. The first-order chi connectivity index (χ1) is 12.7. The van der Waals surface area contributed by atoms with Gasteiger partial charge in [0.25, 0.3) is 5.69 Å². The highest BCUT2D eigenvalue weighted by atomic mass is 127. The van der Waals surface area contributed by atoms with Gasteiger partial charge in [0.2, 0.25) is 0 Å². The van der Waals surface area contributed by atoms with Gasteiger partial charge in [-0.05, 0) is 33.3 Å². The van der Waals surface area contributed by atoms with Crippen LogP contribution in [0.5, 0.6) is 0 Å². The van der Waals surface area contributed by atoms with E-state index in [1.807, 2.05) is 27.7 Å². The van der Waals surface area contributed by atoms with Gasteiger partial charge in [-0.1, -0.05) is 12.1 Å². The maximum Gasteiger partial charge on any atom is 0.410 e. The normalized spacial score (nSPS) is 14.6. The van der Waals surface area contributed by atoms with Crippen molar-refractivity contribution < 1.29 is 14.5 Å². The van der Waals surface area contributed by atoms with Crippen molar-refractivity contribution >= 4 is 41.7 Å². The first kappa shape index (κ1) is 23.9. The summed E-state index contributed by atoms with van der Waals surface area (Å²) in [4.78, 5) is 28.4. The zero-order valence-electron chi connectivity index (χ0n) is 16.6. The quantitative estimate of drug-likeness (QED) is 0.210. The molecule has 0 atom stereocenters. The molecule has 156 valence electrons. The number of guanidine groups is 1. The van der Waals surface area contributed by atoms with Crippen LogP contribution in [0.25, 0.3) is 0 Å². The summed E-state index contributed by atoms with van der Waals surface area (Å²) in [6.07, 6.45) is -0.312. The lowest BCUT2D eigenvalue weighted by molar-refractivity contribution is -0.384. The van der Waals surface area contributed by atoms with Gasteiger partial charge in [-0.3, -0.25) is 10.1 Å². The summed E-state index contributed by atoms with van der Waals surface area (Å²) in [5.74, 6) is 0.643. The maximum absolute atomic E-state index is 12.0. The minimum Gasteiger partial charge on any atom is -0.444 e. The van der Waals surface area contributed by atoms with E-state index in [4.69, 9.17) is 4.74 Å². The highest BCUT2D eigenvalue weighted by molar-refractivity contribution is 14.0. The number of nitrogens with zero attached hydrogens (tertiary/aromatic N) is 3. The van der Waals surface area contributed by atoms with Crippen LogP contribution in [-0.2, 0) is 11.3 Å². The molecule has 10 heteroatoms. The van der Waals surface area contributed by atoms with E-state index >= 15 is 0 Å². The van der Waals surface area contributed by atoms with Crippen molar-refractivity contribution in [1.29, 1.82) is 0 Å². The van der Waals surface area contributed by atoms with E-state index in [-0.39, 0.29) is 41.8 Å². The fraction of sp³-hybridized carbons (Fsp3) is 0.556. The highest BCUT2D eigenvalue weighted by Gasteiger charge is 2.34. The Morgan fingerprint density at radius 1 is 1.32 bits per heavy atom. The van der Waals surface area contributed by atoms with Crippen molar-refractivity contribution in [1.82, 2.24) is 15.5 Å². The van der Waals surface area contributed by atoms with Gasteiger partial charge in [0.15, 0.2) is 5.96 Å².